The first-order valence-electron chi connectivity index (χ1n) is 2.17. The van der Waals surface area contributed by atoms with Crippen LogP contribution in [0.15, 0.2) is 0 Å². The van der Waals surface area contributed by atoms with Crippen molar-refractivity contribution in [2.24, 2.45) is 0 Å². The van der Waals surface area contributed by atoms with Crippen molar-refractivity contribution in [2.45, 2.75) is 0 Å². The van der Waals surface area contributed by atoms with Crippen LogP contribution in [-0.4, -0.2) is 34.1 Å². The van der Waals surface area contributed by atoms with Crippen molar-refractivity contribution in [3.8, 4) is 0 Å². The van der Waals surface area contributed by atoms with Crippen molar-refractivity contribution >= 4 is 23.9 Å². The van der Waals surface area contributed by atoms with E-state index >= 15 is 0 Å². The summed E-state index contributed by atoms with van der Waals surface area (Å²) in [6, 6.07) is 0. The monoisotopic (exact) mass is 242 g/mol. The molecular weight excluding hydrogens is 241 g/mol. The third-order valence-corrected chi connectivity index (χ3v) is 0.350. The smallest absolute Gasteiger partial charge is 0.543 e. The maximum absolute atomic E-state index is 9.10. The number of carbonyl (C=O) groups is 4. The Morgan fingerprint density at radius 3 is 0.923 bits per heavy atom. The minimum absolute atomic E-state index is 0. The minimum atomic E-state index is -2.19. The Bertz CT molecular complexity index is 172. The van der Waals surface area contributed by atoms with Crippen molar-refractivity contribution in [3.05, 3.63) is 0 Å². The van der Waals surface area contributed by atoms with E-state index < -0.39 is 23.9 Å². The molecule has 0 spiro atoms. The van der Waals surface area contributed by atoms with E-state index in [4.69, 9.17) is 39.6 Å². The topological polar surface area (TPSA) is 155 Å². The molecule has 0 heterocycles. The summed E-state index contributed by atoms with van der Waals surface area (Å²) in [5.74, 6) is -8.02. The first-order valence-corrected chi connectivity index (χ1v) is 2.17. The van der Waals surface area contributed by atoms with E-state index in [0.29, 0.717) is 0 Å². The van der Waals surface area contributed by atoms with Crippen molar-refractivity contribution in [3.63, 3.8) is 0 Å². The number of carbonyl (C=O) groups excluding carboxylic acids is 2. The molecule has 0 aromatic heterocycles. The van der Waals surface area contributed by atoms with Crippen LogP contribution in [0.1, 0.15) is 0 Å². The summed E-state index contributed by atoms with van der Waals surface area (Å²) in [6.45, 7) is 0. The predicted molar refractivity (Wildman–Crippen MR) is 25.3 cm³/mol. The van der Waals surface area contributed by atoms with Crippen LogP contribution < -0.4 is 10.2 Å². The summed E-state index contributed by atoms with van der Waals surface area (Å²) in [7, 11) is 0. The van der Waals surface area contributed by atoms with Crippen LogP contribution in [0.3, 0.4) is 0 Å². The van der Waals surface area contributed by atoms with Gasteiger partial charge in [0.05, 0.1) is 11.9 Å². The normalized spacial score (nSPS) is 6.77. The molecule has 0 aromatic rings. The molecule has 9 heteroatoms. The van der Waals surface area contributed by atoms with E-state index in [9.17, 15) is 0 Å². The van der Waals surface area contributed by atoms with Crippen LogP contribution in [0.2, 0.25) is 0 Å². The minimum Gasteiger partial charge on any atom is -0.543 e. The summed E-state index contributed by atoms with van der Waals surface area (Å²) in [5, 5.41) is 32.6. The van der Waals surface area contributed by atoms with E-state index in [0.717, 1.165) is 0 Å². The zero-order valence-corrected chi connectivity index (χ0v) is 9.02. The average molecular weight is 243 g/mol. The van der Waals surface area contributed by atoms with Crippen LogP contribution in [-0.2, 0) is 38.7 Å². The van der Waals surface area contributed by atoms with Crippen LogP contribution in [0.25, 0.3) is 0 Å². The Kier molecular flexibility index (Phi) is 11.6. The van der Waals surface area contributed by atoms with Gasteiger partial charge in [-0.25, -0.2) is 9.59 Å². The molecule has 0 amide bonds. The molecule has 2 N–H and O–H groups in total. The van der Waals surface area contributed by atoms with E-state index in [1.54, 1.807) is 0 Å². The first-order chi connectivity index (χ1) is 5.29. The van der Waals surface area contributed by atoms with Gasteiger partial charge in [0, 0.05) is 0 Å². The van der Waals surface area contributed by atoms with Gasteiger partial charge in [-0.2, -0.15) is 0 Å². The number of carboxylic acids is 4. The summed E-state index contributed by atoms with van der Waals surface area (Å²) in [4.78, 5) is 36.1. The quantitative estimate of drug-likeness (QED) is 0.319. The molecule has 0 aliphatic rings. The van der Waals surface area contributed by atoms with E-state index in [1.165, 1.54) is 0 Å². The number of rotatable bonds is 0. The molecule has 0 aliphatic heterocycles. The summed E-state index contributed by atoms with van der Waals surface area (Å²) < 4.78 is 0. The van der Waals surface area contributed by atoms with E-state index in [-0.39, 0.29) is 19.5 Å². The molecule has 0 atom stereocenters. The Morgan fingerprint density at radius 1 is 0.769 bits per heavy atom. The fourth-order valence-electron chi connectivity index (χ4n) is 0. The van der Waals surface area contributed by atoms with Crippen LogP contribution in [0, 0.1) is 0 Å². The predicted octanol–water partition coefficient (Wildman–Crippen LogP) is -4.36. The maximum atomic E-state index is 9.10. The molecule has 13 heavy (non-hydrogen) atoms. The van der Waals surface area contributed by atoms with Gasteiger partial charge in [0.1, 0.15) is 0 Å². The fraction of sp³-hybridized carbons (Fsp3) is 0. The largest absolute Gasteiger partial charge is 2.00 e. The summed E-state index contributed by atoms with van der Waals surface area (Å²) in [5.41, 5.74) is 0. The Balaban J connectivity index is -0.000000143. The third-order valence-electron chi connectivity index (χ3n) is 0.350. The number of hydrogen-bond acceptors (Lipinski definition) is 6. The number of carboxylic acid groups (broad SMARTS) is 4. The Hall–Kier alpha value is -1.50. The van der Waals surface area contributed by atoms with Gasteiger partial charge in [0.2, 0.25) is 0 Å². The standard InChI is InChI=1S/2C2H2O4.Zn/c2*3-1(4)2(5)6;/h2*(H,3,4)(H,5,6);/q;;+2/p-2. The van der Waals surface area contributed by atoms with Gasteiger partial charge < -0.3 is 30.0 Å². The second kappa shape index (κ2) is 8.60. The molecule has 68 valence electrons. The second-order valence-corrected chi connectivity index (χ2v) is 1.19. The van der Waals surface area contributed by atoms with Crippen molar-refractivity contribution in [2.75, 3.05) is 0 Å². The van der Waals surface area contributed by atoms with Crippen molar-refractivity contribution < 1.29 is 59.1 Å². The van der Waals surface area contributed by atoms with Gasteiger partial charge in [0.15, 0.2) is 0 Å². The van der Waals surface area contributed by atoms with Gasteiger partial charge in [-0.05, 0) is 0 Å². The van der Waals surface area contributed by atoms with Gasteiger partial charge in [0.25, 0.3) is 0 Å². The van der Waals surface area contributed by atoms with Gasteiger partial charge in [-0.1, -0.05) is 0 Å². The third kappa shape index (κ3) is 18.0. The van der Waals surface area contributed by atoms with Gasteiger partial charge >= 0.3 is 31.4 Å². The zero-order chi connectivity index (χ0) is 10.3. The molecular formula is C4H2O8Zn. The summed E-state index contributed by atoms with van der Waals surface area (Å²) in [6.07, 6.45) is 0. The maximum Gasteiger partial charge on any atom is 2.00 e. The van der Waals surface area contributed by atoms with Gasteiger partial charge in [-0.15, -0.1) is 0 Å². The molecule has 0 unspecified atom stereocenters. The second-order valence-electron chi connectivity index (χ2n) is 1.19. The van der Waals surface area contributed by atoms with Crippen molar-refractivity contribution in [1.29, 1.82) is 0 Å². The average Bonchev–Trinajstić information content (AvgIpc) is 1.88. The molecule has 0 fully saturated rings. The number of aliphatic carboxylic acids is 4. The Labute approximate surface area is 83.5 Å². The molecule has 0 bridgehead atoms. The Morgan fingerprint density at radius 2 is 0.923 bits per heavy atom. The fourth-order valence-corrected chi connectivity index (χ4v) is 0. The van der Waals surface area contributed by atoms with Crippen LogP contribution in [0.5, 0.6) is 0 Å². The molecule has 0 aliphatic carbocycles. The van der Waals surface area contributed by atoms with E-state index in [1.807, 2.05) is 0 Å². The zero-order valence-electron chi connectivity index (χ0n) is 6.05. The van der Waals surface area contributed by atoms with Crippen molar-refractivity contribution in [1.82, 2.24) is 0 Å². The molecule has 0 rings (SSSR count). The van der Waals surface area contributed by atoms with E-state index in [2.05, 4.69) is 0 Å². The first kappa shape index (κ1) is 17.6. The molecule has 0 saturated heterocycles. The van der Waals surface area contributed by atoms with Gasteiger partial charge in [-0.3, -0.25) is 0 Å². The molecule has 8 nitrogen and oxygen atoms in total. The van der Waals surface area contributed by atoms with Crippen LogP contribution in [0.4, 0.5) is 0 Å². The SMILES string of the molecule is O=C(O)C(=O)O.O=C([O-])C(=O)[O-].[Zn+2]. The summed E-state index contributed by atoms with van der Waals surface area (Å²) >= 11 is 0. The molecule has 0 saturated carbocycles. The number of hydrogen-bond donors (Lipinski definition) is 2. The molecule has 0 aromatic carbocycles. The molecule has 0 radical (unpaired) electrons. The van der Waals surface area contributed by atoms with Crippen LogP contribution >= 0.6 is 0 Å².